The number of urea groups is 1. The average molecular weight is 347 g/mol. The molecule has 0 aliphatic heterocycles. The summed E-state index contributed by atoms with van der Waals surface area (Å²) in [6.07, 6.45) is 0.385. The molecule has 3 amide bonds. The van der Waals surface area contributed by atoms with Crippen LogP contribution < -0.4 is 21.9 Å². The molecule has 2 aromatic rings. The molecule has 1 atom stereocenters. The van der Waals surface area contributed by atoms with Crippen LogP contribution in [-0.2, 0) is 17.8 Å². The van der Waals surface area contributed by atoms with Crippen LogP contribution in [0.1, 0.15) is 11.1 Å². The van der Waals surface area contributed by atoms with Crippen LogP contribution in [0.2, 0.25) is 5.02 Å². The molecule has 0 spiro atoms. The topological polar surface area (TPSA) is 96.2 Å². The summed E-state index contributed by atoms with van der Waals surface area (Å²) >= 11 is 6.00. The second-order valence-electron chi connectivity index (χ2n) is 5.18. The van der Waals surface area contributed by atoms with Gasteiger partial charge in [-0.3, -0.25) is 10.2 Å². The summed E-state index contributed by atoms with van der Waals surface area (Å²) in [6.45, 7) is 0.247. The van der Waals surface area contributed by atoms with Crippen LogP contribution in [0.3, 0.4) is 0 Å². The van der Waals surface area contributed by atoms with Gasteiger partial charge in [-0.2, -0.15) is 0 Å². The van der Waals surface area contributed by atoms with Crippen LogP contribution in [0.5, 0.6) is 0 Å². The predicted molar refractivity (Wildman–Crippen MR) is 93.1 cm³/mol. The minimum Gasteiger partial charge on any atom is -0.333 e. The number of nitrogens with two attached hydrogens (primary N) is 1. The average Bonchev–Trinajstić information content (AvgIpc) is 2.59. The van der Waals surface area contributed by atoms with Crippen LogP contribution in [0, 0.1) is 0 Å². The summed E-state index contributed by atoms with van der Waals surface area (Å²) in [5.41, 5.74) is 12.1. The van der Waals surface area contributed by atoms with Crippen LogP contribution in [-0.4, -0.2) is 18.0 Å². The third-order valence-electron chi connectivity index (χ3n) is 3.33. The minimum absolute atomic E-state index is 0.247. The first-order valence-electron chi connectivity index (χ1n) is 7.43. The Morgan fingerprint density at radius 3 is 2.38 bits per heavy atom. The highest BCUT2D eigenvalue weighted by Crippen LogP contribution is 2.14. The predicted octanol–water partition coefficient (Wildman–Crippen LogP) is 1.74. The van der Waals surface area contributed by atoms with Crippen molar-refractivity contribution in [3.05, 3.63) is 70.7 Å². The quantitative estimate of drug-likeness (QED) is 0.621. The molecule has 0 fully saturated rings. The van der Waals surface area contributed by atoms with Gasteiger partial charge in [-0.05, 0) is 23.6 Å². The largest absolute Gasteiger partial charge is 0.333 e. The molecule has 0 saturated carbocycles. The summed E-state index contributed by atoms with van der Waals surface area (Å²) in [5, 5.41) is 3.16. The molecular weight excluding hydrogens is 328 g/mol. The number of nitrogens with one attached hydrogen (secondary N) is 3. The molecule has 0 saturated heterocycles. The Kier molecular flexibility index (Phi) is 6.60. The number of carbonyl (C=O) groups excluding carboxylic acids is 2. The Morgan fingerprint density at radius 2 is 1.67 bits per heavy atom. The van der Waals surface area contributed by atoms with Gasteiger partial charge in [0, 0.05) is 11.6 Å². The van der Waals surface area contributed by atoms with Crippen molar-refractivity contribution in [2.45, 2.75) is 19.0 Å². The van der Waals surface area contributed by atoms with Crippen LogP contribution in [0.4, 0.5) is 4.79 Å². The van der Waals surface area contributed by atoms with Gasteiger partial charge in [0.2, 0.25) is 0 Å². The highest BCUT2D eigenvalue weighted by atomic mass is 35.5. The van der Waals surface area contributed by atoms with Crippen molar-refractivity contribution in [1.29, 1.82) is 0 Å². The number of hydrogen-bond acceptors (Lipinski definition) is 3. The maximum Gasteiger partial charge on any atom is 0.333 e. The lowest BCUT2D eigenvalue weighted by Crippen LogP contribution is -2.52. The highest BCUT2D eigenvalue weighted by molar-refractivity contribution is 6.31. The summed E-state index contributed by atoms with van der Waals surface area (Å²) < 4.78 is 0. The standard InChI is InChI=1S/C17H19ClN4O2/c18-14-9-5-4-8-13(14)11-20-17(24)22-21-16(23)15(19)10-12-6-2-1-3-7-12/h1-9,15H,10-11,19H2,(H,21,23)(H2,20,22,24)/t15-/m0/s1. The number of amides is 3. The van der Waals surface area contributed by atoms with Crippen molar-refractivity contribution in [2.24, 2.45) is 5.73 Å². The Morgan fingerprint density at radius 1 is 1.00 bits per heavy atom. The molecule has 2 rings (SSSR count). The van der Waals surface area contributed by atoms with Gasteiger partial charge in [-0.1, -0.05) is 60.1 Å². The summed E-state index contributed by atoms with van der Waals surface area (Å²) in [7, 11) is 0. The van der Waals surface area contributed by atoms with E-state index >= 15 is 0 Å². The molecule has 7 heteroatoms. The molecule has 0 aliphatic rings. The fourth-order valence-electron chi connectivity index (χ4n) is 2.03. The van der Waals surface area contributed by atoms with Gasteiger partial charge in [0.15, 0.2) is 0 Å². The Labute approximate surface area is 145 Å². The van der Waals surface area contributed by atoms with E-state index in [-0.39, 0.29) is 6.54 Å². The van der Waals surface area contributed by atoms with Crippen molar-refractivity contribution in [3.8, 4) is 0 Å². The molecule has 0 bridgehead atoms. The molecule has 0 aromatic heterocycles. The molecule has 6 nitrogen and oxygen atoms in total. The van der Waals surface area contributed by atoms with Gasteiger partial charge in [0.05, 0.1) is 6.04 Å². The normalized spacial score (nSPS) is 11.4. The maximum absolute atomic E-state index is 11.9. The van der Waals surface area contributed by atoms with Gasteiger partial charge in [0.25, 0.3) is 5.91 Å². The first kappa shape index (κ1) is 17.8. The molecule has 0 heterocycles. The van der Waals surface area contributed by atoms with E-state index in [4.69, 9.17) is 17.3 Å². The summed E-state index contributed by atoms with van der Waals surface area (Å²) in [5.74, 6) is -0.466. The van der Waals surface area contributed by atoms with E-state index in [1.807, 2.05) is 36.4 Å². The number of benzene rings is 2. The van der Waals surface area contributed by atoms with Gasteiger partial charge < -0.3 is 11.1 Å². The Balaban J connectivity index is 1.73. The molecule has 0 unspecified atom stereocenters. The van der Waals surface area contributed by atoms with E-state index in [0.717, 1.165) is 11.1 Å². The van der Waals surface area contributed by atoms with Crippen molar-refractivity contribution < 1.29 is 9.59 Å². The van der Waals surface area contributed by atoms with Gasteiger partial charge >= 0.3 is 6.03 Å². The fraction of sp³-hybridized carbons (Fsp3) is 0.176. The molecule has 5 N–H and O–H groups in total. The van der Waals surface area contributed by atoms with E-state index < -0.39 is 18.0 Å². The Hall–Kier alpha value is -2.57. The van der Waals surface area contributed by atoms with Crippen LogP contribution in [0.25, 0.3) is 0 Å². The van der Waals surface area contributed by atoms with Gasteiger partial charge in [0.1, 0.15) is 0 Å². The van der Waals surface area contributed by atoms with E-state index in [1.54, 1.807) is 18.2 Å². The van der Waals surface area contributed by atoms with Crippen molar-refractivity contribution in [1.82, 2.24) is 16.2 Å². The van der Waals surface area contributed by atoms with Crippen LogP contribution in [0.15, 0.2) is 54.6 Å². The molecule has 0 aliphatic carbocycles. The third kappa shape index (κ3) is 5.57. The molecular formula is C17H19ClN4O2. The summed E-state index contributed by atoms with van der Waals surface area (Å²) in [4.78, 5) is 23.6. The highest BCUT2D eigenvalue weighted by Gasteiger charge is 2.14. The van der Waals surface area contributed by atoms with Gasteiger partial charge in [-0.15, -0.1) is 0 Å². The minimum atomic E-state index is -0.753. The van der Waals surface area contributed by atoms with E-state index in [9.17, 15) is 9.59 Å². The second-order valence-corrected chi connectivity index (χ2v) is 5.59. The lowest BCUT2D eigenvalue weighted by atomic mass is 10.1. The third-order valence-corrected chi connectivity index (χ3v) is 3.70. The second kappa shape index (κ2) is 8.90. The van der Waals surface area contributed by atoms with Gasteiger partial charge in [-0.25, -0.2) is 10.2 Å². The van der Waals surface area contributed by atoms with E-state index in [0.29, 0.717) is 11.4 Å². The maximum atomic E-state index is 11.9. The number of rotatable bonds is 5. The smallest absolute Gasteiger partial charge is 0.333 e. The lowest BCUT2D eigenvalue weighted by molar-refractivity contribution is -0.123. The zero-order valence-corrected chi connectivity index (χ0v) is 13.7. The summed E-state index contributed by atoms with van der Waals surface area (Å²) in [6, 6.07) is 15.3. The number of carbonyl (C=O) groups is 2. The Bertz CT molecular complexity index is 694. The van der Waals surface area contributed by atoms with Crippen LogP contribution >= 0.6 is 11.6 Å². The van der Waals surface area contributed by atoms with Crippen molar-refractivity contribution in [3.63, 3.8) is 0 Å². The zero-order valence-electron chi connectivity index (χ0n) is 13.0. The number of hydrogen-bond donors (Lipinski definition) is 4. The monoisotopic (exact) mass is 346 g/mol. The van der Waals surface area contributed by atoms with Crippen molar-refractivity contribution >= 4 is 23.5 Å². The first-order valence-corrected chi connectivity index (χ1v) is 7.80. The molecule has 0 radical (unpaired) electrons. The number of hydrazine groups is 1. The van der Waals surface area contributed by atoms with E-state index in [1.165, 1.54) is 0 Å². The molecule has 24 heavy (non-hydrogen) atoms. The number of halogens is 1. The SMILES string of the molecule is N[C@@H](Cc1ccccc1)C(=O)NNC(=O)NCc1ccccc1Cl. The van der Waals surface area contributed by atoms with Crippen molar-refractivity contribution in [2.75, 3.05) is 0 Å². The molecule has 126 valence electrons. The lowest BCUT2D eigenvalue weighted by Gasteiger charge is -2.14. The van der Waals surface area contributed by atoms with E-state index in [2.05, 4.69) is 16.2 Å². The fourth-order valence-corrected chi connectivity index (χ4v) is 2.24. The first-order chi connectivity index (χ1) is 11.6. The molecule has 2 aromatic carbocycles. The zero-order chi connectivity index (χ0) is 17.4.